The third-order valence-corrected chi connectivity index (χ3v) is 2.83. The van der Waals surface area contributed by atoms with Gasteiger partial charge in [0.1, 0.15) is 0 Å². The van der Waals surface area contributed by atoms with E-state index >= 15 is 0 Å². The van der Waals surface area contributed by atoms with Gasteiger partial charge in [-0.05, 0) is 34.6 Å². The van der Waals surface area contributed by atoms with E-state index in [4.69, 9.17) is 5.41 Å². The van der Waals surface area contributed by atoms with E-state index in [1.54, 1.807) is 0 Å². The highest BCUT2D eigenvalue weighted by atomic mass is 14.3. The van der Waals surface area contributed by atoms with Crippen molar-refractivity contribution in [1.82, 2.24) is 0 Å². The number of nitrogens with one attached hydrogen (secondary N) is 1. The molecule has 0 bridgehead atoms. The van der Waals surface area contributed by atoms with Crippen molar-refractivity contribution in [3.8, 4) is 0 Å². The molecular weight excluding hydrogens is 206 g/mol. The molecule has 0 amide bonds. The second-order valence-corrected chi connectivity index (χ2v) is 3.91. The molecule has 2 aromatic rings. The molecule has 0 aliphatic heterocycles. The van der Waals surface area contributed by atoms with Crippen molar-refractivity contribution in [1.29, 1.82) is 5.41 Å². The molecule has 0 aliphatic carbocycles. The zero-order valence-electron chi connectivity index (χ0n) is 9.85. The van der Waals surface area contributed by atoms with E-state index < -0.39 is 0 Å². The quantitative estimate of drug-likeness (QED) is 0.753. The Labute approximate surface area is 101 Å². The maximum atomic E-state index is 7.19. The van der Waals surface area contributed by atoms with Crippen molar-refractivity contribution in [2.75, 3.05) is 0 Å². The molecule has 1 nitrogen and oxygen atoms in total. The lowest BCUT2D eigenvalue weighted by Crippen LogP contribution is -2.26. The van der Waals surface area contributed by atoms with Crippen LogP contribution in [0, 0.1) is 5.41 Å². The number of hydrogen-bond donors (Lipinski definition) is 1. The van der Waals surface area contributed by atoms with E-state index in [2.05, 4.69) is 25.1 Å². The summed E-state index contributed by atoms with van der Waals surface area (Å²) in [6.45, 7) is 2.12. The molecule has 84 valence electrons. The van der Waals surface area contributed by atoms with Gasteiger partial charge >= 0.3 is 0 Å². The lowest BCUT2D eigenvalue weighted by molar-refractivity contribution is 1.44. The van der Waals surface area contributed by atoms with Gasteiger partial charge in [0, 0.05) is 6.21 Å². The first kappa shape index (κ1) is 11.3. The Kier molecular flexibility index (Phi) is 3.51. The number of hydrogen-bond acceptors (Lipinski definition) is 1. The van der Waals surface area contributed by atoms with Gasteiger partial charge in [-0.3, -0.25) is 0 Å². The topological polar surface area (TPSA) is 23.9 Å². The summed E-state index contributed by atoms with van der Waals surface area (Å²) in [6.07, 6.45) is 3.15. The lowest BCUT2D eigenvalue weighted by atomic mass is 10.0. The fourth-order valence-electron chi connectivity index (χ4n) is 1.92. The van der Waals surface area contributed by atoms with Crippen LogP contribution in [0.25, 0.3) is 11.6 Å². The Morgan fingerprint density at radius 1 is 0.941 bits per heavy atom. The average Bonchev–Trinajstić information content (AvgIpc) is 2.40. The fraction of sp³-hybridized carbons (Fsp3) is 0.0625. The van der Waals surface area contributed by atoms with Crippen molar-refractivity contribution >= 4 is 17.9 Å². The standard InChI is InChI=1S/C16H15N/c1-13(14-7-3-2-4-8-14)16-10-6-5-9-15(16)11-12-17/h2-12,17H,1H3/b15-11-,16-13+,17-12?. The molecule has 0 heterocycles. The van der Waals surface area contributed by atoms with Gasteiger partial charge < -0.3 is 5.41 Å². The zero-order valence-corrected chi connectivity index (χ0v) is 9.85. The monoisotopic (exact) mass is 221 g/mol. The molecule has 0 saturated heterocycles. The van der Waals surface area contributed by atoms with Crippen LogP contribution in [0.2, 0.25) is 0 Å². The summed E-state index contributed by atoms with van der Waals surface area (Å²) in [6, 6.07) is 18.5. The van der Waals surface area contributed by atoms with E-state index in [0.29, 0.717) is 0 Å². The molecule has 0 radical (unpaired) electrons. The Morgan fingerprint density at radius 3 is 2.29 bits per heavy atom. The van der Waals surface area contributed by atoms with Crippen LogP contribution in [0.3, 0.4) is 0 Å². The summed E-state index contributed by atoms with van der Waals surface area (Å²) < 4.78 is 0. The van der Waals surface area contributed by atoms with Gasteiger partial charge in [0.05, 0.1) is 0 Å². The minimum atomic E-state index is 1.09. The maximum Gasteiger partial charge on any atom is 0.0183 e. The fourth-order valence-corrected chi connectivity index (χ4v) is 1.92. The second-order valence-electron chi connectivity index (χ2n) is 3.91. The average molecular weight is 221 g/mol. The summed E-state index contributed by atoms with van der Waals surface area (Å²) >= 11 is 0. The first-order chi connectivity index (χ1) is 8.33. The molecule has 0 saturated carbocycles. The SMILES string of the molecule is C/C(c1ccccc1)=c1/cccc/c1=C/C=N. The van der Waals surface area contributed by atoms with E-state index in [-0.39, 0.29) is 0 Å². The van der Waals surface area contributed by atoms with Crippen LogP contribution in [-0.2, 0) is 0 Å². The molecule has 1 N–H and O–H groups in total. The van der Waals surface area contributed by atoms with E-state index in [9.17, 15) is 0 Å². The predicted octanol–water partition coefficient (Wildman–Crippen LogP) is 2.34. The highest BCUT2D eigenvalue weighted by molar-refractivity contribution is 5.88. The van der Waals surface area contributed by atoms with Crippen molar-refractivity contribution in [2.24, 2.45) is 0 Å². The summed E-state index contributed by atoms with van der Waals surface area (Å²) in [5, 5.41) is 9.46. The summed E-state index contributed by atoms with van der Waals surface area (Å²) in [5.41, 5.74) is 2.46. The largest absolute Gasteiger partial charge is 0.309 e. The smallest absolute Gasteiger partial charge is 0.0183 e. The van der Waals surface area contributed by atoms with Gasteiger partial charge in [-0.25, -0.2) is 0 Å². The van der Waals surface area contributed by atoms with Crippen LogP contribution in [0.5, 0.6) is 0 Å². The van der Waals surface area contributed by atoms with Crippen LogP contribution >= 0.6 is 0 Å². The molecule has 2 rings (SSSR count). The van der Waals surface area contributed by atoms with Crippen LogP contribution in [0.1, 0.15) is 12.5 Å². The predicted molar refractivity (Wildman–Crippen MR) is 73.6 cm³/mol. The molecule has 0 atom stereocenters. The maximum absolute atomic E-state index is 7.19. The highest BCUT2D eigenvalue weighted by Gasteiger charge is 1.95. The number of benzene rings is 2. The molecule has 0 aromatic heterocycles. The van der Waals surface area contributed by atoms with E-state index in [1.807, 2.05) is 42.5 Å². The first-order valence-corrected chi connectivity index (χ1v) is 5.65. The summed E-state index contributed by atoms with van der Waals surface area (Å²) in [4.78, 5) is 0. The first-order valence-electron chi connectivity index (χ1n) is 5.65. The van der Waals surface area contributed by atoms with Crippen LogP contribution in [-0.4, -0.2) is 6.21 Å². The van der Waals surface area contributed by atoms with Gasteiger partial charge in [-0.2, -0.15) is 0 Å². The molecule has 0 spiro atoms. The van der Waals surface area contributed by atoms with Crippen molar-refractivity contribution in [3.05, 3.63) is 70.6 Å². The zero-order chi connectivity index (χ0) is 12.1. The van der Waals surface area contributed by atoms with Crippen LogP contribution in [0.15, 0.2) is 54.6 Å². The minimum Gasteiger partial charge on any atom is -0.309 e. The van der Waals surface area contributed by atoms with Crippen LogP contribution in [0.4, 0.5) is 0 Å². The Morgan fingerprint density at radius 2 is 1.59 bits per heavy atom. The van der Waals surface area contributed by atoms with E-state index in [0.717, 1.165) is 5.22 Å². The van der Waals surface area contributed by atoms with Crippen molar-refractivity contribution in [3.63, 3.8) is 0 Å². The highest BCUT2D eigenvalue weighted by Crippen LogP contribution is 2.08. The molecule has 0 fully saturated rings. The second kappa shape index (κ2) is 5.26. The molecular formula is C16H15N. The minimum absolute atomic E-state index is 1.09. The summed E-state index contributed by atoms with van der Waals surface area (Å²) in [5.74, 6) is 0. The van der Waals surface area contributed by atoms with Gasteiger partial charge in [-0.1, -0.05) is 54.6 Å². The molecule has 0 unspecified atom stereocenters. The Bertz CT molecular complexity index is 624. The third kappa shape index (κ3) is 2.51. The lowest BCUT2D eigenvalue weighted by Gasteiger charge is -2.01. The number of rotatable bonds is 2. The molecule has 2 aromatic carbocycles. The Hall–Kier alpha value is -2.15. The van der Waals surface area contributed by atoms with Gasteiger partial charge in [0.15, 0.2) is 0 Å². The van der Waals surface area contributed by atoms with Gasteiger partial charge in [0.25, 0.3) is 0 Å². The summed E-state index contributed by atoms with van der Waals surface area (Å²) in [7, 11) is 0. The van der Waals surface area contributed by atoms with Crippen molar-refractivity contribution < 1.29 is 0 Å². The van der Waals surface area contributed by atoms with Gasteiger partial charge in [-0.15, -0.1) is 0 Å². The van der Waals surface area contributed by atoms with Gasteiger partial charge in [0.2, 0.25) is 0 Å². The van der Waals surface area contributed by atoms with Crippen LogP contribution < -0.4 is 10.4 Å². The molecule has 17 heavy (non-hydrogen) atoms. The normalized spacial score (nSPS) is 13.4. The van der Waals surface area contributed by atoms with Crippen molar-refractivity contribution in [2.45, 2.75) is 6.92 Å². The molecule has 1 heteroatoms. The van der Waals surface area contributed by atoms with E-state index in [1.165, 1.54) is 22.6 Å². The molecule has 0 aliphatic rings. The third-order valence-electron chi connectivity index (χ3n) is 2.83. The Balaban J connectivity index is 2.76.